The van der Waals surface area contributed by atoms with Crippen LogP contribution in [0.1, 0.15) is 205 Å². The third-order valence-corrected chi connectivity index (χ3v) is 21.4. The molecule has 9 saturated heterocycles. The van der Waals surface area contributed by atoms with Crippen LogP contribution in [0.2, 0.25) is 0 Å². The molecule has 2 aliphatic carbocycles. The monoisotopic (exact) mass is 1030 g/mol. The highest BCUT2D eigenvalue weighted by Crippen LogP contribution is 2.17. The summed E-state index contributed by atoms with van der Waals surface area (Å²) in [5.41, 5.74) is 0. The van der Waals surface area contributed by atoms with Crippen LogP contribution in [0.3, 0.4) is 0 Å². The summed E-state index contributed by atoms with van der Waals surface area (Å²) in [6, 6.07) is 0. The lowest BCUT2D eigenvalue weighted by atomic mass is 10.0. The minimum Gasteiger partial charge on any atom is -0.381 e. The van der Waals surface area contributed by atoms with E-state index in [0.717, 1.165) is 93.0 Å². The molecule has 0 radical (unpaired) electrons. The molecule has 11 fully saturated rings. The normalized spacial score (nSPS) is 25.1. The Morgan fingerprint density at radius 1 is 0.354 bits per heavy atom. The average Bonchev–Trinajstić information content (AvgIpc) is 4.19. The first kappa shape index (κ1) is 63.9. The van der Waals surface area contributed by atoms with Crippen LogP contribution in [0.4, 0.5) is 0 Å². The van der Waals surface area contributed by atoms with Gasteiger partial charge in [0.2, 0.25) is 0 Å². The van der Waals surface area contributed by atoms with E-state index in [4.69, 9.17) is 9.47 Å². The highest BCUT2D eigenvalue weighted by Gasteiger charge is 2.14. The van der Waals surface area contributed by atoms with Crippen LogP contribution in [0, 0.1) is 0 Å². The van der Waals surface area contributed by atoms with Crippen LogP contribution in [0.15, 0.2) is 0 Å². The van der Waals surface area contributed by atoms with Gasteiger partial charge in [0.25, 0.3) is 0 Å². The first-order valence-corrected chi connectivity index (χ1v) is 36.1. The second-order valence-corrected chi connectivity index (χ2v) is 29.6. The number of rotatable bonds is 0. The minimum atomic E-state index is -2.58. The molecule has 65 heavy (non-hydrogen) atoms. The van der Waals surface area contributed by atoms with Gasteiger partial charge in [-0.25, -0.2) is 8.42 Å². The van der Waals surface area contributed by atoms with E-state index >= 15 is 0 Å². The quantitative estimate of drug-likeness (QED) is 0.235. The van der Waals surface area contributed by atoms with Crippen LogP contribution < -0.4 is 5.32 Å². The molecule has 0 aromatic carbocycles. The summed E-state index contributed by atoms with van der Waals surface area (Å²) in [6.45, 7) is 6.50. The van der Waals surface area contributed by atoms with Gasteiger partial charge in [0.05, 0.1) is 11.5 Å². The van der Waals surface area contributed by atoms with Gasteiger partial charge >= 0.3 is 0 Å². The minimum absolute atomic E-state index is 0.423. The van der Waals surface area contributed by atoms with Gasteiger partial charge in [0.1, 0.15) is 9.84 Å². The number of hydrogen-bond acceptors (Lipinski definition) is 10. The number of sulfone groups is 1. The Balaban J connectivity index is 0.000000359. The van der Waals surface area contributed by atoms with E-state index in [1.807, 2.05) is 0 Å². The molecule has 390 valence electrons. The molecule has 0 aromatic heterocycles. The molecule has 0 aromatic rings. The Bertz CT molecular complexity index is 1110. The van der Waals surface area contributed by atoms with Crippen LogP contribution in [0.5, 0.6) is 0 Å². The standard InChI is InChI=1S/C6H12.C5H10O2S.2C5H10OS.C5H10O.C5H10S.C5H10.C4H8OS.C4H8O.C4H8S.C3H7N/c1-2-4-6-5-3-1;6-8(7)4-2-1-3-5-8;1-7(6)4-2-3-5-7;6-7-4-2-1-3-5-7;2*1-2-4-6-5-3-1;1-2-4-5-3-1;5-6-3-1-2-4-6;2*1-2-4-5-3-1;1-2-4-3-1/h1-6H2;1-5H2;2*1-5H2;2*1-5H2;1-5H2;1-4H2;2*1-4H2;4H,1-3H2. The maximum atomic E-state index is 10.9. The maximum absolute atomic E-state index is 10.9. The van der Waals surface area contributed by atoms with E-state index in [1.54, 1.807) is 0 Å². The highest BCUT2D eigenvalue weighted by atomic mass is 32.2. The van der Waals surface area contributed by atoms with Crippen molar-refractivity contribution in [3.05, 3.63) is 0 Å². The third kappa shape index (κ3) is 49.6. The molecule has 9 heterocycles. The van der Waals surface area contributed by atoms with Gasteiger partial charge in [0, 0.05) is 82.5 Å². The molecule has 0 unspecified atom stereocenters. The second-order valence-electron chi connectivity index (χ2n) is 18.7. The van der Waals surface area contributed by atoms with Gasteiger partial charge in [-0.1, -0.05) is 89.9 Å². The maximum Gasteiger partial charge on any atom is 0.150 e. The lowest BCUT2D eigenvalue weighted by Gasteiger charge is -2.09. The summed E-state index contributed by atoms with van der Waals surface area (Å²) in [5.74, 6) is 15.7. The van der Waals surface area contributed by atoms with Gasteiger partial charge in [-0.3, -0.25) is 12.6 Å². The summed E-state index contributed by atoms with van der Waals surface area (Å²) >= 11 is 4.17. The SMILES string of the molecule is C1CCCC1.C1CCCCC1.C1CCOC1.C1CCOCC1.C1CCSC1.C1CCSCC1.C1CNC1.C=S1(=O)CCCC1.O=S1(=O)CCCCC1.O=S1CCCC1.O=S1CCCCC1. The lowest BCUT2D eigenvalue weighted by Crippen LogP contribution is -2.29. The Morgan fingerprint density at radius 2 is 0.600 bits per heavy atom. The molecular weight excluding hydrogens is 931 g/mol. The Kier molecular flexibility index (Phi) is 47.6. The fourth-order valence-corrected chi connectivity index (χ4v) is 15.4. The van der Waals surface area contributed by atoms with Crippen molar-refractivity contribution < 1.29 is 30.5 Å². The summed E-state index contributed by atoms with van der Waals surface area (Å²) < 4.78 is 63.1. The molecule has 11 aliphatic rings. The van der Waals surface area contributed by atoms with Gasteiger partial charge in [-0.2, -0.15) is 23.5 Å². The molecule has 9 aliphatic heterocycles. The van der Waals surface area contributed by atoms with Gasteiger partial charge in [0.15, 0.2) is 0 Å². The zero-order valence-corrected chi connectivity index (χ0v) is 46.8. The lowest BCUT2D eigenvalue weighted by molar-refractivity contribution is 0.0968. The smallest absolute Gasteiger partial charge is 0.150 e. The van der Waals surface area contributed by atoms with Crippen LogP contribution >= 0.6 is 23.5 Å². The fraction of sp³-hybridized carbons (Fsp3) is 0.980. The summed E-state index contributed by atoms with van der Waals surface area (Å²) in [7, 11) is -4.99. The third-order valence-electron chi connectivity index (χ3n) is 12.2. The topological polar surface area (TPSA) is 116 Å². The Morgan fingerprint density at radius 3 is 0.769 bits per heavy atom. The van der Waals surface area contributed by atoms with Crippen molar-refractivity contribution in [1.82, 2.24) is 5.32 Å². The molecule has 8 nitrogen and oxygen atoms in total. The number of ether oxygens (including phenoxy) is 2. The molecule has 0 bridgehead atoms. The van der Waals surface area contributed by atoms with Crippen LogP contribution in [0.25, 0.3) is 0 Å². The van der Waals surface area contributed by atoms with E-state index in [2.05, 4.69) is 34.7 Å². The first-order chi connectivity index (χ1) is 31.7. The Hall–Kier alpha value is 0.850. The second kappa shape index (κ2) is 48.5. The molecule has 0 spiro atoms. The van der Waals surface area contributed by atoms with Gasteiger partial charge in [-0.15, -0.1) is 0 Å². The van der Waals surface area contributed by atoms with E-state index in [-0.39, 0.29) is 0 Å². The molecule has 0 amide bonds. The zero-order chi connectivity index (χ0) is 47.0. The van der Waals surface area contributed by atoms with E-state index < -0.39 is 41.0 Å². The van der Waals surface area contributed by atoms with Crippen molar-refractivity contribution in [2.24, 2.45) is 0 Å². The largest absolute Gasteiger partial charge is 0.381 e. The number of hydrogen-bond donors (Lipinski definition) is 1. The molecule has 11 rings (SSSR count). The van der Waals surface area contributed by atoms with Crippen molar-refractivity contribution >= 4 is 70.4 Å². The van der Waals surface area contributed by atoms with Crippen LogP contribution in [-0.2, 0) is 50.4 Å². The molecule has 14 heteroatoms. The molecule has 1 N–H and O–H groups in total. The summed E-state index contributed by atoms with van der Waals surface area (Å²) in [4.78, 5) is 0. The molecular formula is C51H103NO7S6. The van der Waals surface area contributed by atoms with E-state index in [0.29, 0.717) is 11.5 Å². The fourth-order valence-electron chi connectivity index (χ4n) is 7.70. The van der Waals surface area contributed by atoms with Gasteiger partial charge in [-0.05, 0) is 167 Å². The molecule has 2 saturated carbocycles. The van der Waals surface area contributed by atoms with E-state index in [9.17, 15) is 21.0 Å². The predicted molar refractivity (Wildman–Crippen MR) is 296 cm³/mol. The van der Waals surface area contributed by atoms with Crippen molar-refractivity contribution in [2.45, 2.75) is 205 Å². The average molecular weight is 1030 g/mol. The predicted octanol–water partition coefficient (Wildman–Crippen LogP) is 12.2. The van der Waals surface area contributed by atoms with Crippen molar-refractivity contribution in [3.8, 4) is 0 Å². The number of thioether (sulfide) groups is 2. The van der Waals surface area contributed by atoms with E-state index in [1.165, 1.54) is 209 Å². The molecule has 0 atom stereocenters. The van der Waals surface area contributed by atoms with Gasteiger partial charge < -0.3 is 14.8 Å². The zero-order valence-electron chi connectivity index (χ0n) is 41.9. The summed E-state index contributed by atoms with van der Waals surface area (Å²) in [5, 5.41) is 3.11. The first-order valence-electron chi connectivity index (χ1n) is 26.9. The summed E-state index contributed by atoms with van der Waals surface area (Å²) in [6.07, 6.45) is 42.9. The van der Waals surface area contributed by atoms with Crippen molar-refractivity contribution in [1.29, 1.82) is 0 Å². The van der Waals surface area contributed by atoms with Crippen molar-refractivity contribution in [2.75, 3.05) is 109 Å². The van der Waals surface area contributed by atoms with Crippen molar-refractivity contribution in [3.63, 3.8) is 0 Å². The number of nitrogens with one attached hydrogen (secondary N) is 1. The Labute approximate surface area is 417 Å². The van der Waals surface area contributed by atoms with Crippen LogP contribution in [-0.4, -0.2) is 135 Å². The highest BCUT2D eigenvalue weighted by molar-refractivity contribution is 8.00.